The maximum Gasteiger partial charge on any atom is 0.243 e. The van der Waals surface area contributed by atoms with Gasteiger partial charge in [-0.2, -0.15) is 0 Å². The molecule has 0 heterocycles. The molecule has 0 bridgehead atoms. The molecule has 2 rings (SSSR count). The monoisotopic (exact) mass is 441 g/mol. The first-order chi connectivity index (χ1) is 15.4. The molecule has 2 N–H and O–H groups in total. The summed E-state index contributed by atoms with van der Waals surface area (Å²) in [5.41, 5.74) is 1.97. The first kappa shape index (κ1) is 24.8. The van der Waals surface area contributed by atoms with Crippen molar-refractivity contribution in [2.75, 3.05) is 64.7 Å². The number of guanidine groups is 1. The van der Waals surface area contributed by atoms with E-state index < -0.39 is 0 Å². The standard InChI is InChI=1S/C24H35N5O3/c1-6-32-21-14-13-19(17-22(21)31-5)27-24(26-18-23(30)28(2)3)25-15-10-16-29(4)20-11-8-7-9-12-20/h7-9,11-14,17H,6,10,15-16,18H2,1-5H3,(H2,25,26,27). The lowest BCUT2D eigenvalue weighted by Gasteiger charge is -2.20. The third-order valence-corrected chi connectivity index (χ3v) is 4.76. The Morgan fingerprint density at radius 1 is 1.06 bits per heavy atom. The van der Waals surface area contributed by atoms with Crippen molar-refractivity contribution in [3.8, 4) is 11.5 Å². The Morgan fingerprint density at radius 2 is 1.81 bits per heavy atom. The van der Waals surface area contributed by atoms with E-state index in [9.17, 15) is 4.79 Å². The Morgan fingerprint density at radius 3 is 2.47 bits per heavy atom. The van der Waals surface area contributed by atoms with E-state index in [0.717, 1.165) is 18.7 Å². The molecule has 2 aromatic rings. The number of amides is 1. The number of methoxy groups -OCH3 is 1. The molecule has 0 spiro atoms. The van der Waals surface area contributed by atoms with Crippen LogP contribution in [-0.2, 0) is 4.79 Å². The summed E-state index contributed by atoms with van der Waals surface area (Å²) in [7, 11) is 7.11. The summed E-state index contributed by atoms with van der Waals surface area (Å²) < 4.78 is 11.0. The van der Waals surface area contributed by atoms with Crippen LogP contribution in [0.4, 0.5) is 11.4 Å². The van der Waals surface area contributed by atoms with Gasteiger partial charge >= 0.3 is 0 Å². The zero-order chi connectivity index (χ0) is 23.3. The minimum atomic E-state index is -0.0702. The Balaban J connectivity index is 2.01. The summed E-state index contributed by atoms with van der Waals surface area (Å²) >= 11 is 0. The molecule has 0 saturated carbocycles. The predicted molar refractivity (Wildman–Crippen MR) is 131 cm³/mol. The second-order valence-corrected chi connectivity index (χ2v) is 7.41. The molecule has 0 fully saturated rings. The van der Waals surface area contributed by atoms with E-state index in [1.165, 1.54) is 10.6 Å². The van der Waals surface area contributed by atoms with Gasteiger partial charge in [-0.1, -0.05) is 18.2 Å². The third kappa shape index (κ3) is 8.02. The molecule has 0 atom stereocenters. The van der Waals surface area contributed by atoms with Crippen molar-refractivity contribution < 1.29 is 14.3 Å². The highest BCUT2D eigenvalue weighted by molar-refractivity contribution is 5.95. The van der Waals surface area contributed by atoms with Crippen LogP contribution in [0.2, 0.25) is 0 Å². The van der Waals surface area contributed by atoms with E-state index in [2.05, 4.69) is 39.7 Å². The molecular weight excluding hydrogens is 406 g/mol. The Labute approximate surface area is 191 Å². The van der Waals surface area contributed by atoms with Crippen LogP contribution in [0.25, 0.3) is 0 Å². The number of nitrogens with zero attached hydrogens (tertiary/aromatic N) is 3. The third-order valence-electron chi connectivity index (χ3n) is 4.76. The summed E-state index contributed by atoms with van der Waals surface area (Å²) in [6, 6.07) is 15.8. The van der Waals surface area contributed by atoms with Crippen LogP contribution in [0.1, 0.15) is 13.3 Å². The molecule has 0 radical (unpaired) electrons. The lowest BCUT2D eigenvalue weighted by molar-refractivity contribution is -0.127. The van der Waals surface area contributed by atoms with Gasteiger partial charge in [-0.3, -0.25) is 4.79 Å². The molecule has 0 aliphatic carbocycles. The van der Waals surface area contributed by atoms with Crippen molar-refractivity contribution in [3.05, 3.63) is 48.5 Å². The lowest BCUT2D eigenvalue weighted by Crippen LogP contribution is -2.35. The number of carbonyl (C=O) groups is 1. The highest BCUT2D eigenvalue weighted by Gasteiger charge is 2.09. The second-order valence-electron chi connectivity index (χ2n) is 7.41. The van der Waals surface area contributed by atoms with Gasteiger partial charge in [0, 0.05) is 51.7 Å². The fourth-order valence-electron chi connectivity index (χ4n) is 2.92. The van der Waals surface area contributed by atoms with Gasteiger partial charge in [0.1, 0.15) is 6.54 Å². The number of likely N-dealkylation sites (N-methyl/N-ethyl adjacent to an activating group) is 1. The van der Waals surface area contributed by atoms with Crippen LogP contribution < -0.4 is 25.0 Å². The van der Waals surface area contributed by atoms with Crippen LogP contribution >= 0.6 is 0 Å². The smallest absolute Gasteiger partial charge is 0.243 e. The van der Waals surface area contributed by atoms with Crippen LogP contribution in [0.5, 0.6) is 11.5 Å². The number of benzene rings is 2. The molecule has 32 heavy (non-hydrogen) atoms. The number of nitrogens with one attached hydrogen (secondary N) is 2. The molecule has 1 amide bonds. The second kappa shape index (κ2) is 13.1. The lowest BCUT2D eigenvalue weighted by atomic mass is 10.2. The van der Waals surface area contributed by atoms with E-state index >= 15 is 0 Å². The first-order valence-corrected chi connectivity index (χ1v) is 10.8. The van der Waals surface area contributed by atoms with Gasteiger partial charge < -0.3 is 29.9 Å². The zero-order valence-electron chi connectivity index (χ0n) is 19.7. The minimum Gasteiger partial charge on any atom is -0.493 e. The van der Waals surface area contributed by atoms with Crippen molar-refractivity contribution >= 4 is 23.2 Å². The van der Waals surface area contributed by atoms with E-state index in [0.29, 0.717) is 30.6 Å². The van der Waals surface area contributed by atoms with Gasteiger partial charge in [-0.25, -0.2) is 4.99 Å². The van der Waals surface area contributed by atoms with E-state index in [1.54, 1.807) is 21.2 Å². The zero-order valence-corrected chi connectivity index (χ0v) is 19.7. The molecule has 8 heteroatoms. The fraction of sp³-hybridized carbons (Fsp3) is 0.417. The van der Waals surface area contributed by atoms with Gasteiger partial charge in [-0.15, -0.1) is 0 Å². The SMILES string of the molecule is CCOc1ccc(NC(=NCC(=O)N(C)C)NCCCN(C)c2ccccc2)cc1OC. The largest absolute Gasteiger partial charge is 0.493 e. The van der Waals surface area contributed by atoms with Gasteiger partial charge in [0.05, 0.1) is 13.7 Å². The maximum absolute atomic E-state index is 12.0. The molecule has 0 aromatic heterocycles. The molecule has 0 unspecified atom stereocenters. The summed E-state index contributed by atoms with van der Waals surface area (Å²) in [5.74, 6) is 1.77. The van der Waals surface area contributed by atoms with Gasteiger partial charge in [-0.05, 0) is 37.6 Å². The normalized spacial score (nSPS) is 11.0. The topological polar surface area (TPSA) is 78.4 Å². The number of para-hydroxylation sites is 1. The van der Waals surface area contributed by atoms with E-state index in [-0.39, 0.29) is 12.5 Å². The number of hydrogen-bond donors (Lipinski definition) is 2. The summed E-state index contributed by atoms with van der Waals surface area (Å²) in [4.78, 5) is 20.2. The van der Waals surface area contributed by atoms with Crippen molar-refractivity contribution in [1.29, 1.82) is 0 Å². The molecule has 2 aromatic carbocycles. The summed E-state index contributed by atoms with van der Waals surface area (Å²) in [5, 5.41) is 6.57. The highest BCUT2D eigenvalue weighted by Crippen LogP contribution is 2.30. The molecule has 0 saturated heterocycles. The van der Waals surface area contributed by atoms with Crippen LogP contribution in [-0.4, -0.2) is 71.3 Å². The van der Waals surface area contributed by atoms with Gasteiger partial charge in [0.15, 0.2) is 17.5 Å². The van der Waals surface area contributed by atoms with Crippen molar-refractivity contribution in [2.24, 2.45) is 4.99 Å². The average molecular weight is 442 g/mol. The van der Waals surface area contributed by atoms with E-state index in [4.69, 9.17) is 9.47 Å². The Hall–Kier alpha value is -3.42. The van der Waals surface area contributed by atoms with Crippen LogP contribution in [0.15, 0.2) is 53.5 Å². The summed E-state index contributed by atoms with van der Waals surface area (Å²) in [6.45, 7) is 4.13. The number of rotatable bonds is 11. The average Bonchev–Trinajstić information content (AvgIpc) is 2.81. The number of hydrogen-bond acceptors (Lipinski definition) is 5. The van der Waals surface area contributed by atoms with Crippen molar-refractivity contribution in [3.63, 3.8) is 0 Å². The van der Waals surface area contributed by atoms with Crippen molar-refractivity contribution in [2.45, 2.75) is 13.3 Å². The molecule has 174 valence electrons. The summed E-state index contributed by atoms with van der Waals surface area (Å²) in [6.07, 6.45) is 0.903. The molecular formula is C24H35N5O3. The quantitative estimate of drug-likeness (QED) is 0.317. The van der Waals surface area contributed by atoms with Crippen LogP contribution in [0.3, 0.4) is 0 Å². The van der Waals surface area contributed by atoms with Crippen LogP contribution in [0, 0.1) is 0 Å². The molecule has 8 nitrogen and oxygen atoms in total. The Kier molecular flexibility index (Phi) is 10.2. The number of ether oxygens (including phenoxy) is 2. The maximum atomic E-state index is 12.0. The van der Waals surface area contributed by atoms with E-state index in [1.807, 2.05) is 43.3 Å². The van der Waals surface area contributed by atoms with Gasteiger partial charge in [0.25, 0.3) is 0 Å². The highest BCUT2D eigenvalue weighted by atomic mass is 16.5. The Bertz CT molecular complexity index is 871. The van der Waals surface area contributed by atoms with Crippen molar-refractivity contribution in [1.82, 2.24) is 10.2 Å². The first-order valence-electron chi connectivity index (χ1n) is 10.8. The predicted octanol–water partition coefficient (Wildman–Crippen LogP) is 3.07. The minimum absolute atomic E-state index is 0.0560. The molecule has 0 aliphatic rings. The number of carbonyl (C=O) groups excluding carboxylic acids is 1. The number of aliphatic imine (C=N–C) groups is 1. The number of anilines is 2. The van der Waals surface area contributed by atoms with Gasteiger partial charge in [0.2, 0.25) is 5.91 Å². The fourth-order valence-corrected chi connectivity index (χ4v) is 2.92. The molecule has 0 aliphatic heterocycles.